The second-order valence-electron chi connectivity index (χ2n) is 5.60. The molecule has 0 amide bonds. The van der Waals surface area contributed by atoms with E-state index in [1.165, 1.54) is 5.56 Å². The number of carbonyl (C=O) groups excluding carboxylic acids is 2. The Morgan fingerprint density at radius 1 is 0.905 bits per heavy atom. The van der Waals surface area contributed by atoms with Gasteiger partial charge in [0.1, 0.15) is 5.76 Å². The number of allylic oxidation sites excluding steroid dienone is 1. The van der Waals surface area contributed by atoms with E-state index >= 15 is 0 Å². The highest BCUT2D eigenvalue weighted by Gasteiger charge is 2.26. The van der Waals surface area contributed by atoms with Gasteiger partial charge in [-0.2, -0.15) is 0 Å². The zero-order chi connectivity index (χ0) is 15.4. The molecule has 1 N–H and O–H groups in total. The van der Waals surface area contributed by atoms with Gasteiger partial charge in [0.25, 0.3) is 0 Å². The minimum Gasteiger partial charge on any atom is -0.507 e. The first kappa shape index (κ1) is 15.5. The van der Waals surface area contributed by atoms with E-state index in [0.29, 0.717) is 11.1 Å². The maximum Gasteiger partial charge on any atom is 0.233 e. The molecular weight excluding hydrogens is 264 g/mol. The minimum atomic E-state index is -0.636. The Bertz CT molecular complexity index is 597. The van der Waals surface area contributed by atoms with Crippen molar-refractivity contribution in [2.75, 3.05) is 0 Å². The molecule has 1 aliphatic rings. The van der Waals surface area contributed by atoms with Crippen LogP contribution in [-0.2, 0) is 17.6 Å². The van der Waals surface area contributed by atoms with E-state index in [4.69, 9.17) is 0 Å². The lowest BCUT2D eigenvalue weighted by molar-refractivity contribution is -0.111. The van der Waals surface area contributed by atoms with Crippen LogP contribution in [0.3, 0.4) is 0 Å². The molecule has 3 nitrogen and oxygen atoms in total. The maximum atomic E-state index is 12.0. The maximum absolute atomic E-state index is 12.0. The van der Waals surface area contributed by atoms with Crippen molar-refractivity contribution in [2.24, 2.45) is 0 Å². The number of hydrogen-bond donors (Lipinski definition) is 1. The van der Waals surface area contributed by atoms with Gasteiger partial charge >= 0.3 is 0 Å². The van der Waals surface area contributed by atoms with Gasteiger partial charge in [0.05, 0.1) is 0 Å². The first-order valence-corrected chi connectivity index (χ1v) is 7.74. The number of aryl methyl sites for hydroxylation is 2. The summed E-state index contributed by atoms with van der Waals surface area (Å²) in [6, 6.07) is 3.71. The van der Waals surface area contributed by atoms with Gasteiger partial charge in [-0.25, -0.2) is 0 Å². The molecule has 0 bridgehead atoms. The van der Waals surface area contributed by atoms with Gasteiger partial charge in [-0.3, -0.25) is 9.59 Å². The van der Waals surface area contributed by atoms with Crippen LogP contribution in [0.2, 0.25) is 0 Å². The minimum absolute atomic E-state index is 0.0885. The predicted molar refractivity (Wildman–Crippen MR) is 83.6 cm³/mol. The topological polar surface area (TPSA) is 54.4 Å². The van der Waals surface area contributed by atoms with Crippen LogP contribution in [-0.4, -0.2) is 16.7 Å². The lowest BCUT2D eigenvalue weighted by Crippen LogP contribution is -2.19. The molecule has 1 aromatic rings. The van der Waals surface area contributed by atoms with Crippen molar-refractivity contribution < 1.29 is 14.7 Å². The first-order valence-electron chi connectivity index (χ1n) is 7.74. The van der Waals surface area contributed by atoms with Gasteiger partial charge in [-0.15, -0.1) is 0 Å². The Labute approximate surface area is 125 Å². The molecule has 1 aliphatic carbocycles. The standard InChI is InChI=1S/C18H22O3/c1-3-5-7-12-9-14-15(10-13(12)8-6-4-2)18(21)17(20)11-16(14)19/h9-11,19H,3-8H2,1-2H3. The Hall–Kier alpha value is -1.90. The summed E-state index contributed by atoms with van der Waals surface area (Å²) in [6.45, 7) is 4.27. The summed E-state index contributed by atoms with van der Waals surface area (Å²) >= 11 is 0. The lowest BCUT2D eigenvalue weighted by atomic mass is 9.87. The fourth-order valence-electron chi connectivity index (χ4n) is 2.69. The quantitative estimate of drug-likeness (QED) is 0.803. The Balaban J connectivity index is 2.48. The Morgan fingerprint density at radius 3 is 1.95 bits per heavy atom. The number of benzene rings is 1. The number of aliphatic hydroxyl groups excluding tert-OH is 1. The summed E-state index contributed by atoms with van der Waals surface area (Å²) < 4.78 is 0. The largest absolute Gasteiger partial charge is 0.507 e. The summed E-state index contributed by atoms with van der Waals surface area (Å²) in [4.78, 5) is 23.6. The van der Waals surface area contributed by atoms with Crippen LogP contribution in [0, 0.1) is 0 Å². The number of aliphatic hydroxyl groups is 1. The van der Waals surface area contributed by atoms with Crippen LogP contribution < -0.4 is 0 Å². The smallest absolute Gasteiger partial charge is 0.233 e. The average molecular weight is 286 g/mol. The normalized spacial score (nSPS) is 14.1. The third-order valence-electron chi connectivity index (χ3n) is 3.95. The Kier molecular flexibility index (Phi) is 4.94. The van der Waals surface area contributed by atoms with Crippen molar-refractivity contribution in [1.82, 2.24) is 0 Å². The molecule has 0 radical (unpaired) electrons. The van der Waals surface area contributed by atoms with Crippen LogP contribution in [0.25, 0.3) is 5.76 Å². The van der Waals surface area contributed by atoms with E-state index < -0.39 is 11.6 Å². The fraction of sp³-hybridized carbons (Fsp3) is 0.444. The van der Waals surface area contributed by atoms with Gasteiger partial charge in [0, 0.05) is 17.2 Å². The number of Topliss-reactive ketones (excluding diaryl/α,β-unsaturated/α-hetero) is 1. The summed E-state index contributed by atoms with van der Waals surface area (Å²) in [6.07, 6.45) is 7.20. The number of hydrogen-bond acceptors (Lipinski definition) is 3. The van der Waals surface area contributed by atoms with Crippen LogP contribution in [0.4, 0.5) is 0 Å². The molecular formula is C18H22O3. The molecule has 0 unspecified atom stereocenters. The monoisotopic (exact) mass is 286 g/mol. The Morgan fingerprint density at radius 2 is 1.43 bits per heavy atom. The van der Waals surface area contributed by atoms with Crippen molar-refractivity contribution in [3.05, 3.63) is 40.5 Å². The number of carbonyl (C=O) groups is 2. The summed E-state index contributed by atoms with van der Waals surface area (Å²) in [5.74, 6) is -1.24. The second kappa shape index (κ2) is 6.70. The average Bonchev–Trinajstić information content (AvgIpc) is 2.48. The number of ketones is 2. The van der Waals surface area contributed by atoms with Gasteiger partial charge in [-0.05, 0) is 48.9 Å². The molecule has 21 heavy (non-hydrogen) atoms. The molecule has 0 fully saturated rings. The van der Waals surface area contributed by atoms with Gasteiger partial charge in [0.15, 0.2) is 0 Å². The molecule has 0 saturated carbocycles. The van der Waals surface area contributed by atoms with Crippen molar-refractivity contribution >= 4 is 17.3 Å². The fourth-order valence-corrected chi connectivity index (χ4v) is 2.69. The summed E-state index contributed by atoms with van der Waals surface area (Å²) in [7, 11) is 0. The first-order chi connectivity index (χ1) is 10.1. The van der Waals surface area contributed by atoms with Crippen molar-refractivity contribution in [3.8, 4) is 0 Å². The molecule has 0 aliphatic heterocycles. The van der Waals surface area contributed by atoms with Gasteiger partial charge < -0.3 is 5.11 Å². The highest BCUT2D eigenvalue weighted by molar-refractivity contribution is 6.50. The van der Waals surface area contributed by atoms with Crippen molar-refractivity contribution in [3.63, 3.8) is 0 Å². The zero-order valence-corrected chi connectivity index (χ0v) is 12.7. The van der Waals surface area contributed by atoms with E-state index in [-0.39, 0.29) is 5.76 Å². The van der Waals surface area contributed by atoms with E-state index in [0.717, 1.165) is 50.2 Å². The van der Waals surface area contributed by atoms with Crippen LogP contribution in [0.15, 0.2) is 18.2 Å². The third kappa shape index (κ3) is 3.23. The van der Waals surface area contributed by atoms with E-state index in [1.807, 2.05) is 12.1 Å². The molecule has 0 spiro atoms. The van der Waals surface area contributed by atoms with Crippen LogP contribution >= 0.6 is 0 Å². The highest BCUT2D eigenvalue weighted by Crippen LogP contribution is 2.28. The molecule has 112 valence electrons. The summed E-state index contributed by atoms with van der Waals surface area (Å²) in [5, 5.41) is 9.95. The number of unbranched alkanes of at least 4 members (excludes halogenated alkanes) is 2. The molecule has 0 saturated heterocycles. The lowest BCUT2D eigenvalue weighted by Gasteiger charge is -2.17. The van der Waals surface area contributed by atoms with Crippen molar-refractivity contribution in [2.45, 2.75) is 52.4 Å². The molecule has 1 aromatic carbocycles. The van der Waals surface area contributed by atoms with E-state index in [2.05, 4.69) is 13.8 Å². The SMILES string of the molecule is CCCCc1cc2c(cc1CCCC)C(O)=CC(=O)C2=O. The molecule has 0 heterocycles. The number of rotatable bonds is 6. The van der Waals surface area contributed by atoms with Gasteiger partial charge in [0.2, 0.25) is 11.6 Å². The molecule has 0 aromatic heterocycles. The molecule has 3 heteroatoms. The molecule has 0 atom stereocenters. The van der Waals surface area contributed by atoms with Crippen LogP contribution in [0.5, 0.6) is 0 Å². The van der Waals surface area contributed by atoms with Crippen LogP contribution in [0.1, 0.15) is 66.6 Å². The predicted octanol–water partition coefficient (Wildman–Crippen LogP) is 4.04. The summed E-state index contributed by atoms with van der Waals surface area (Å²) in [5.41, 5.74) is 3.18. The van der Waals surface area contributed by atoms with Gasteiger partial charge in [-0.1, -0.05) is 26.7 Å². The van der Waals surface area contributed by atoms with E-state index in [9.17, 15) is 14.7 Å². The highest BCUT2D eigenvalue weighted by atomic mass is 16.3. The molecule has 2 rings (SSSR count). The van der Waals surface area contributed by atoms with Crippen molar-refractivity contribution in [1.29, 1.82) is 0 Å². The zero-order valence-electron chi connectivity index (χ0n) is 12.7. The third-order valence-corrected chi connectivity index (χ3v) is 3.95. The number of fused-ring (bicyclic) bond motifs is 1. The van der Waals surface area contributed by atoms with E-state index in [1.54, 1.807) is 0 Å². The second-order valence-corrected chi connectivity index (χ2v) is 5.60.